The largest absolute Gasteiger partial charge is 0.335 e. The number of nitrogens with zero attached hydrogens (tertiary/aromatic N) is 3. The van der Waals surface area contributed by atoms with E-state index in [1.54, 1.807) is 5.51 Å². The first-order valence-electron chi connectivity index (χ1n) is 7.46. The normalized spacial score (nSPS) is 24.6. The molecule has 1 aromatic heterocycles. The molecule has 0 unspecified atom stereocenters. The fourth-order valence-corrected chi connectivity index (χ4v) is 6.38. The maximum Gasteiger partial charge on any atom is 0.233 e. The number of rotatable bonds is 5. The van der Waals surface area contributed by atoms with Crippen molar-refractivity contribution in [1.29, 1.82) is 0 Å². The maximum atomic E-state index is 12.7. The Bertz CT molecular complexity index is 612. The first kappa shape index (κ1) is 16.2. The van der Waals surface area contributed by atoms with Gasteiger partial charge in [-0.15, -0.1) is 10.2 Å². The van der Waals surface area contributed by atoms with Gasteiger partial charge in [0, 0.05) is 12.1 Å². The third-order valence-electron chi connectivity index (χ3n) is 4.27. The zero-order chi connectivity index (χ0) is 15.6. The predicted octanol–water partition coefficient (Wildman–Crippen LogP) is 1.59. The Hall–Kier alpha value is -0.670. The van der Waals surface area contributed by atoms with Gasteiger partial charge in [-0.25, -0.2) is 8.42 Å². The van der Waals surface area contributed by atoms with Gasteiger partial charge in [-0.05, 0) is 19.3 Å². The Morgan fingerprint density at radius 1 is 1.32 bits per heavy atom. The number of aromatic nitrogens is 2. The molecule has 122 valence electrons. The van der Waals surface area contributed by atoms with E-state index in [9.17, 15) is 13.2 Å². The number of amides is 1. The Balaban J connectivity index is 1.69. The molecule has 1 atom stereocenters. The van der Waals surface area contributed by atoms with Gasteiger partial charge < -0.3 is 4.90 Å². The molecule has 1 saturated heterocycles. The number of hydrogen-bond donors (Lipinski definition) is 0. The van der Waals surface area contributed by atoms with Crippen molar-refractivity contribution >= 4 is 38.8 Å². The quantitative estimate of drug-likeness (QED) is 0.741. The first-order valence-corrected chi connectivity index (χ1v) is 11.1. The molecule has 2 fully saturated rings. The summed E-state index contributed by atoms with van der Waals surface area (Å²) in [4.78, 5) is 14.6. The van der Waals surface area contributed by atoms with Crippen LogP contribution < -0.4 is 0 Å². The number of hydrogen-bond acceptors (Lipinski definition) is 7. The van der Waals surface area contributed by atoms with E-state index >= 15 is 0 Å². The van der Waals surface area contributed by atoms with Crippen LogP contribution in [0.3, 0.4) is 0 Å². The van der Waals surface area contributed by atoms with E-state index in [4.69, 9.17) is 0 Å². The summed E-state index contributed by atoms with van der Waals surface area (Å²) in [6.45, 7) is 0. The van der Waals surface area contributed by atoms with Crippen molar-refractivity contribution in [2.75, 3.05) is 17.3 Å². The number of sulfone groups is 1. The van der Waals surface area contributed by atoms with Crippen LogP contribution in [0.4, 0.5) is 0 Å². The molecule has 0 bridgehead atoms. The lowest BCUT2D eigenvalue weighted by Gasteiger charge is -2.34. The Kier molecular flexibility index (Phi) is 5.03. The highest BCUT2D eigenvalue weighted by Crippen LogP contribution is 2.30. The summed E-state index contributed by atoms with van der Waals surface area (Å²) in [6, 6.07) is 0.0661. The molecular formula is C13H19N3O3S3. The van der Waals surface area contributed by atoms with Crippen molar-refractivity contribution in [3.05, 3.63) is 5.51 Å². The summed E-state index contributed by atoms with van der Waals surface area (Å²) < 4.78 is 24.3. The maximum absolute atomic E-state index is 12.7. The molecule has 1 aromatic rings. The molecule has 0 N–H and O–H groups in total. The minimum Gasteiger partial charge on any atom is -0.335 e. The standard InChI is InChI=1S/C13H19N3O3S3/c17-12(7-20-13-15-14-9-21-13)16(10-3-1-2-4-10)11-5-6-22(18,19)8-11/h9-11H,1-8H2/t11-/m0/s1. The molecule has 9 heteroatoms. The van der Waals surface area contributed by atoms with Gasteiger partial charge >= 0.3 is 0 Å². The summed E-state index contributed by atoms with van der Waals surface area (Å²) in [5, 5.41) is 7.69. The van der Waals surface area contributed by atoms with Crippen LogP contribution in [-0.2, 0) is 14.6 Å². The lowest BCUT2D eigenvalue weighted by molar-refractivity contribution is -0.132. The average Bonchev–Trinajstić information content (AvgIpc) is 3.19. The predicted molar refractivity (Wildman–Crippen MR) is 86.8 cm³/mol. The van der Waals surface area contributed by atoms with Gasteiger partial charge in [0.1, 0.15) is 5.51 Å². The molecule has 1 aliphatic heterocycles. The number of thioether (sulfide) groups is 1. The van der Waals surface area contributed by atoms with Crippen LogP contribution in [0.5, 0.6) is 0 Å². The monoisotopic (exact) mass is 361 g/mol. The third-order valence-corrected chi connectivity index (χ3v) is 7.86. The van der Waals surface area contributed by atoms with E-state index in [1.165, 1.54) is 23.1 Å². The van der Waals surface area contributed by atoms with E-state index in [1.807, 2.05) is 4.90 Å². The minimum atomic E-state index is -2.98. The summed E-state index contributed by atoms with van der Waals surface area (Å²) in [5.74, 6) is 0.674. The van der Waals surface area contributed by atoms with Gasteiger partial charge in [-0.3, -0.25) is 4.79 Å². The van der Waals surface area contributed by atoms with Crippen molar-refractivity contribution in [3.63, 3.8) is 0 Å². The van der Waals surface area contributed by atoms with Crippen molar-refractivity contribution in [2.24, 2.45) is 0 Å². The zero-order valence-electron chi connectivity index (χ0n) is 12.2. The second-order valence-electron chi connectivity index (χ2n) is 5.79. The highest BCUT2D eigenvalue weighted by molar-refractivity contribution is 8.01. The van der Waals surface area contributed by atoms with Crippen molar-refractivity contribution in [1.82, 2.24) is 15.1 Å². The highest BCUT2D eigenvalue weighted by atomic mass is 32.2. The molecule has 0 aromatic carbocycles. The fourth-order valence-electron chi connectivity index (χ4n) is 3.31. The van der Waals surface area contributed by atoms with Crippen LogP contribution in [0, 0.1) is 0 Å². The number of carbonyl (C=O) groups is 1. The fraction of sp³-hybridized carbons (Fsp3) is 0.769. The number of carbonyl (C=O) groups excluding carboxylic acids is 1. The van der Waals surface area contributed by atoms with Crippen LogP contribution in [0.25, 0.3) is 0 Å². The summed E-state index contributed by atoms with van der Waals surface area (Å²) in [7, 11) is -2.98. The lowest BCUT2D eigenvalue weighted by atomic mass is 10.1. The van der Waals surface area contributed by atoms with Crippen LogP contribution in [0.15, 0.2) is 9.85 Å². The molecule has 6 nitrogen and oxygen atoms in total. The van der Waals surface area contributed by atoms with Crippen LogP contribution in [0.1, 0.15) is 32.1 Å². The summed E-state index contributed by atoms with van der Waals surface area (Å²) >= 11 is 2.80. The molecule has 22 heavy (non-hydrogen) atoms. The van der Waals surface area contributed by atoms with Gasteiger partial charge in [0.15, 0.2) is 14.2 Å². The van der Waals surface area contributed by atoms with Crippen molar-refractivity contribution in [3.8, 4) is 0 Å². The van der Waals surface area contributed by atoms with Crippen LogP contribution in [0.2, 0.25) is 0 Å². The topological polar surface area (TPSA) is 80.2 Å². The van der Waals surface area contributed by atoms with Gasteiger partial charge in [0.25, 0.3) is 0 Å². The van der Waals surface area contributed by atoms with Crippen LogP contribution >= 0.6 is 23.1 Å². The Labute approximate surface area is 138 Å². The average molecular weight is 362 g/mol. The first-order chi connectivity index (χ1) is 10.6. The lowest BCUT2D eigenvalue weighted by Crippen LogP contribution is -2.47. The minimum absolute atomic E-state index is 0.0363. The second-order valence-corrected chi connectivity index (χ2v) is 10.1. The molecule has 1 aliphatic carbocycles. The Morgan fingerprint density at radius 2 is 2.09 bits per heavy atom. The van der Waals surface area contributed by atoms with Crippen molar-refractivity contribution in [2.45, 2.75) is 48.5 Å². The van der Waals surface area contributed by atoms with E-state index in [2.05, 4.69) is 10.2 Å². The smallest absolute Gasteiger partial charge is 0.233 e. The van der Waals surface area contributed by atoms with Gasteiger partial charge in [-0.2, -0.15) is 0 Å². The van der Waals surface area contributed by atoms with E-state index in [0.717, 1.165) is 30.0 Å². The molecule has 3 rings (SSSR count). The second kappa shape index (κ2) is 6.84. The molecular weight excluding hydrogens is 342 g/mol. The highest BCUT2D eigenvalue weighted by Gasteiger charge is 2.38. The van der Waals surface area contributed by atoms with Gasteiger partial charge in [0.2, 0.25) is 5.91 Å². The summed E-state index contributed by atoms with van der Waals surface area (Å²) in [6.07, 6.45) is 4.81. The SMILES string of the molecule is O=C(CSc1nncs1)N(C1CCCC1)[C@H]1CCS(=O)(=O)C1. The molecule has 2 aliphatic rings. The zero-order valence-corrected chi connectivity index (χ0v) is 14.6. The van der Waals surface area contributed by atoms with Crippen LogP contribution in [-0.4, -0.2) is 58.8 Å². The summed E-state index contributed by atoms with van der Waals surface area (Å²) in [5.41, 5.74) is 1.64. The molecule has 1 saturated carbocycles. The van der Waals surface area contributed by atoms with Crippen molar-refractivity contribution < 1.29 is 13.2 Å². The molecule has 1 amide bonds. The molecule has 0 radical (unpaired) electrons. The van der Waals surface area contributed by atoms with Gasteiger partial charge in [0.05, 0.1) is 17.3 Å². The molecule has 0 spiro atoms. The van der Waals surface area contributed by atoms with E-state index in [0.29, 0.717) is 12.2 Å². The van der Waals surface area contributed by atoms with E-state index in [-0.39, 0.29) is 29.5 Å². The van der Waals surface area contributed by atoms with Gasteiger partial charge in [-0.1, -0.05) is 35.9 Å². The Morgan fingerprint density at radius 3 is 2.68 bits per heavy atom. The third kappa shape index (κ3) is 3.80. The molecule has 2 heterocycles. The van der Waals surface area contributed by atoms with E-state index < -0.39 is 9.84 Å².